The van der Waals surface area contributed by atoms with E-state index in [1.807, 2.05) is 44.2 Å². The molecule has 7 nitrogen and oxygen atoms in total. The highest BCUT2D eigenvalue weighted by Crippen LogP contribution is 2.39. The topological polar surface area (TPSA) is 82.1 Å². The fourth-order valence-corrected chi connectivity index (χ4v) is 4.21. The molecule has 0 aromatic heterocycles. The number of rotatable bonds is 11. The molecule has 1 heterocycles. The van der Waals surface area contributed by atoms with Gasteiger partial charge in [-0.25, -0.2) is 0 Å². The number of amides is 2. The first kappa shape index (κ1) is 25.6. The van der Waals surface area contributed by atoms with Crippen molar-refractivity contribution in [1.29, 1.82) is 0 Å². The van der Waals surface area contributed by atoms with Crippen LogP contribution in [0, 0.1) is 0 Å². The monoisotopic (exact) mass is 503 g/mol. The summed E-state index contributed by atoms with van der Waals surface area (Å²) < 4.78 is 16.7. The molecule has 2 aromatic carbocycles. The molecule has 2 aromatic rings. The van der Waals surface area contributed by atoms with Crippen LogP contribution in [-0.2, 0) is 20.9 Å². The summed E-state index contributed by atoms with van der Waals surface area (Å²) >= 11 is 7.24. The van der Waals surface area contributed by atoms with Gasteiger partial charge in [-0.2, -0.15) is 0 Å². The van der Waals surface area contributed by atoms with Crippen LogP contribution in [0.5, 0.6) is 11.5 Å². The van der Waals surface area contributed by atoms with Crippen LogP contribution in [0.2, 0.25) is 5.02 Å². The number of nitrogens with zero attached hydrogens (tertiary/aromatic N) is 1. The van der Waals surface area contributed by atoms with E-state index >= 15 is 0 Å². The number of unbranched alkanes of at least 4 members (excludes halogenated alkanes) is 1. The Morgan fingerprint density at radius 2 is 1.88 bits per heavy atom. The fraction of sp³-hybridized carbons (Fsp3) is 0.320. The van der Waals surface area contributed by atoms with E-state index < -0.39 is 23.7 Å². The number of ether oxygens (including phenoxy) is 3. The van der Waals surface area contributed by atoms with E-state index in [1.165, 1.54) is 0 Å². The Bertz CT molecular complexity index is 1070. The van der Waals surface area contributed by atoms with Crippen molar-refractivity contribution in [3.8, 4) is 11.5 Å². The smallest absolute Gasteiger partial charge is 0.326 e. The molecule has 0 spiro atoms. The van der Waals surface area contributed by atoms with E-state index in [0.29, 0.717) is 35.3 Å². The van der Waals surface area contributed by atoms with E-state index in [0.717, 1.165) is 35.1 Å². The first-order valence-electron chi connectivity index (χ1n) is 11.0. The second kappa shape index (κ2) is 12.5. The predicted octanol–water partition coefficient (Wildman–Crippen LogP) is 5.70. The molecular formula is C25H26ClNO6S. The van der Waals surface area contributed by atoms with E-state index in [4.69, 9.17) is 25.8 Å². The summed E-state index contributed by atoms with van der Waals surface area (Å²) in [5.74, 6) is -0.345. The van der Waals surface area contributed by atoms with Gasteiger partial charge in [0.15, 0.2) is 11.5 Å². The van der Waals surface area contributed by atoms with Gasteiger partial charge in [-0.15, -0.1) is 0 Å². The van der Waals surface area contributed by atoms with Crippen LogP contribution in [0.3, 0.4) is 0 Å². The summed E-state index contributed by atoms with van der Waals surface area (Å²) in [6.07, 6.45) is 3.14. The number of benzene rings is 2. The minimum Gasteiger partial charge on any atom is -0.490 e. The summed E-state index contributed by atoms with van der Waals surface area (Å²) in [6.45, 7) is 4.36. The summed E-state index contributed by atoms with van der Waals surface area (Å²) in [7, 11) is 0. The first-order valence-corrected chi connectivity index (χ1v) is 12.2. The third-order valence-corrected chi connectivity index (χ3v) is 5.97. The van der Waals surface area contributed by atoms with Crippen molar-refractivity contribution in [1.82, 2.24) is 4.90 Å². The molecule has 1 fully saturated rings. The molecule has 3 rings (SSSR count). The normalized spacial score (nSPS) is 14.6. The zero-order chi connectivity index (χ0) is 24.5. The van der Waals surface area contributed by atoms with Crippen molar-refractivity contribution in [3.05, 3.63) is 63.5 Å². The third-order valence-electron chi connectivity index (χ3n) is 4.78. The Balaban J connectivity index is 1.76. The number of halogens is 1. The van der Waals surface area contributed by atoms with Crippen molar-refractivity contribution >= 4 is 46.6 Å². The molecule has 0 saturated carbocycles. The SMILES string of the molecule is CCCCOC(=O)CN1C(=O)S/C(=C\c2cc(Cl)c(OCc3ccccc3)c(OCC)c2)C1=O. The van der Waals surface area contributed by atoms with Gasteiger partial charge in [0.1, 0.15) is 13.2 Å². The summed E-state index contributed by atoms with van der Waals surface area (Å²) in [5, 5.41) is -0.213. The Labute approximate surface area is 208 Å². The molecule has 9 heteroatoms. The third kappa shape index (κ3) is 6.77. The van der Waals surface area contributed by atoms with E-state index in [1.54, 1.807) is 18.2 Å². The second-order valence-corrected chi connectivity index (χ2v) is 8.78. The zero-order valence-corrected chi connectivity index (χ0v) is 20.6. The van der Waals surface area contributed by atoms with E-state index in [-0.39, 0.29) is 11.5 Å². The zero-order valence-electron chi connectivity index (χ0n) is 19.0. The molecule has 34 heavy (non-hydrogen) atoms. The van der Waals surface area contributed by atoms with Gasteiger partial charge in [0, 0.05) is 0 Å². The number of carbonyl (C=O) groups excluding carboxylic acids is 3. The van der Waals surface area contributed by atoms with Crippen LogP contribution >= 0.6 is 23.4 Å². The van der Waals surface area contributed by atoms with Gasteiger partial charge in [0.2, 0.25) is 0 Å². The van der Waals surface area contributed by atoms with Crippen LogP contribution < -0.4 is 9.47 Å². The number of hydrogen-bond acceptors (Lipinski definition) is 7. The molecule has 0 N–H and O–H groups in total. The summed E-state index contributed by atoms with van der Waals surface area (Å²) in [4.78, 5) is 38.0. The van der Waals surface area contributed by atoms with Gasteiger partial charge in [0.05, 0.1) is 23.1 Å². The lowest BCUT2D eigenvalue weighted by molar-refractivity contribution is -0.146. The number of thioether (sulfide) groups is 1. The number of esters is 1. The van der Waals surface area contributed by atoms with Crippen LogP contribution in [0.25, 0.3) is 6.08 Å². The highest BCUT2D eigenvalue weighted by atomic mass is 35.5. The molecule has 0 bridgehead atoms. The molecule has 0 radical (unpaired) electrons. The lowest BCUT2D eigenvalue weighted by Crippen LogP contribution is -2.34. The quantitative estimate of drug-likeness (QED) is 0.221. The van der Waals surface area contributed by atoms with Crippen molar-refractivity contribution in [2.75, 3.05) is 19.8 Å². The van der Waals surface area contributed by atoms with Crippen LogP contribution in [0.4, 0.5) is 4.79 Å². The molecule has 180 valence electrons. The molecule has 1 aliphatic heterocycles. The Morgan fingerprint density at radius 1 is 1.12 bits per heavy atom. The number of hydrogen-bond donors (Lipinski definition) is 0. The van der Waals surface area contributed by atoms with Crippen molar-refractivity contribution in [2.24, 2.45) is 0 Å². The van der Waals surface area contributed by atoms with Gasteiger partial charge in [-0.05, 0) is 54.4 Å². The lowest BCUT2D eigenvalue weighted by atomic mass is 10.1. The van der Waals surface area contributed by atoms with E-state index in [2.05, 4.69) is 0 Å². The molecule has 1 saturated heterocycles. The molecular weight excluding hydrogens is 478 g/mol. The Hall–Kier alpha value is -2.97. The average molecular weight is 504 g/mol. The highest BCUT2D eigenvalue weighted by Gasteiger charge is 2.36. The molecule has 2 amide bonds. The minimum atomic E-state index is -0.612. The van der Waals surface area contributed by atoms with Gasteiger partial charge < -0.3 is 14.2 Å². The molecule has 0 aliphatic carbocycles. The number of carbonyl (C=O) groups is 3. The maximum Gasteiger partial charge on any atom is 0.326 e. The lowest BCUT2D eigenvalue weighted by Gasteiger charge is -2.15. The van der Waals surface area contributed by atoms with Crippen molar-refractivity contribution in [2.45, 2.75) is 33.3 Å². The van der Waals surface area contributed by atoms with Gasteiger partial charge >= 0.3 is 5.97 Å². The van der Waals surface area contributed by atoms with E-state index in [9.17, 15) is 14.4 Å². The van der Waals surface area contributed by atoms with Gasteiger partial charge in [0.25, 0.3) is 11.1 Å². The Morgan fingerprint density at radius 3 is 2.59 bits per heavy atom. The minimum absolute atomic E-state index is 0.183. The number of imide groups is 1. The van der Waals surface area contributed by atoms with Crippen LogP contribution in [-0.4, -0.2) is 41.8 Å². The average Bonchev–Trinajstić information content (AvgIpc) is 3.07. The van der Waals surface area contributed by atoms with Crippen molar-refractivity contribution in [3.63, 3.8) is 0 Å². The maximum absolute atomic E-state index is 12.7. The fourth-order valence-electron chi connectivity index (χ4n) is 3.10. The molecule has 0 unspecified atom stereocenters. The van der Waals surface area contributed by atoms with Crippen LogP contribution in [0.15, 0.2) is 47.4 Å². The standard InChI is InChI=1S/C25H26ClNO6S/c1-3-5-11-32-22(28)15-27-24(29)21(34-25(27)30)14-18-12-19(26)23(20(13-18)31-4-2)33-16-17-9-7-6-8-10-17/h6-10,12-14H,3-5,11,15-16H2,1-2H3/b21-14-. The first-order chi connectivity index (χ1) is 16.4. The Kier molecular flexibility index (Phi) is 9.42. The van der Waals surface area contributed by atoms with Gasteiger partial charge in [-0.1, -0.05) is 55.3 Å². The van der Waals surface area contributed by atoms with Crippen molar-refractivity contribution < 1.29 is 28.6 Å². The largest absolute Gasteiger partial charge is 0.490 e. The van der Waals surface area contributed by atoms with Crippen LogP contribution in [0.1, 0.15) is 37.8 Å². The highest BCUT2D eigenvalue weighted by molar-refractivity contribution is 8.18. The maximum atomic E-state index is 12.7. The molecule has 0 atom stereocenters. The molecule has 1 aliphatic rings. The summed E-state index contributed by atoms with van der Waals surface area (Å²) in [5.41, 5.74) is 1.54. The second-order valence-electron chi connectivity index (χ2n) is 7.38. The van der Waals surface area contributed by atoms with Gasteiger partial charge in [-0.3, -0.25) is 19.3 Å². The summed E-state index contributed by atoms with van der Waals surface area (Å²) in [6, 6.07) is 13.0. The predicted molar refractivity (Wildman–Crippen MR) is 132 cm³/mol.